The average molecular weight is 257 g/mol. The SMILES string of the molecule is CCC(C)C(NC(=O)CC(CC)C(C)C)C(=O)O. The van der Waals surface area contributed by atoms with E-state index in [0.717, 1.165) is 12.8 Å². The minimum atomic E-state index is -0.949. The Hall–Kier alpha value is -1.06. The minimum Gasteiger partial charge on any atom is -0.480 e. The van der Waals surface area contributed by atoms with Gasteiger partial charge >= 0.3 is 5.97 Å². The van der Waals surface area contributed by atoms with Gasteiger partial charge in [-0.05, 0) is 17.8 Å². The first-order valence-electron chi connectivity index (χ1n) is 6.85. The number of carboxylic acids is 1. The van der Waals surface area contributed by atoms with Crippen molar-refractivity contribution in [2.24, 2.45) is 17.8 Å². The van der Waals surface area contributed by atoms with Gasteiger partial charge in [0.1, 0.15) is 6.04 Å². The maximum Gasteiger partial charge on any atom is 0.326 e. The number of rotatable bonds is 8. The maximum atomic E-state index is 11.9. The van der Waals surface area contributed by atoms with Gasteiger partial charge in [-0.2, -0.15) is 0 Å². The van der Waals surface area contributed by atoms with E-state index in [1.807, 2.05) is 13.8 Å². The smallest absolute Gasteiger partial charge is 0.326 e. The van der Waals surface area contributed by atoms with E-state index in [-0.39, 0.29) is 11.8 Å². The van der Waals surface area contributed by atoms with Crippen molar-refractivity contribution in [3.05, 3.63) is 0 Å². The van der Waals surface area contributed by atoms with Crippen LogP contribution in [0.4, 0.5) is 0 Å². The van der Waals surface area contributed by atoms with Crippen molar-refractivity contribution in [1.82, 2.24) is 5.32 Å². The summed E-state index contributed by atoms with van der Waals surface area (Å²) < 4.78 is 0. The molecule has 0 aromatic heterocycles. The molecule has 0 aliphatic rings. The summed E-state index contributed by atoms with van der Waals surface area (Å²) in [7, 11) is 0. The van der Waals surface area contributed by atoms with E-state index in [9.17, 15) is 9.59 Å². The van der Waals surface area contributed by atoms with Crippen LogP contribution >= 0.6 is 0 Å². The second-order valence-electron chi connectivity index (χ2n) is 5.39. The fourth-order valence-electron chi connectivity index (χ4n) is 2.01. The fraction of sp³-hybridized carbons (Fsp3) is 0.857. The highest BCUT2D eigenvalue weighted by Gasteiger charge is 2.26. The Balaban J connectivity index is 4.47. The summed E-state index contributed by atoms with van der Waals surface area (Å²) in [5.41, 5.74) is 0. The molecule has 0 radical (unpaired) electrons. The molecule has 0 saturated heterocycles. The van der Waals surface area contributed by atoms with Crippen LogP contribution < -0.4 is 5.32 Å². The number of hydrogen-bond donors (Lipinski definition) is 2. The third kappa shape index (κ3) is 5.52. The molecular formula is C14H27NO3. The maximum absolute atomic E-state index is 11.9. The molecule has 0 saturated carbocycles. The van der Waals surface area contributed by atoms with Gasteiger partial charge in [-0.15, -0.1) is 0 Å². The van der Waals surface area contributed by atoms with Crippen LogP contribution in [0, 0.1) is 17.8 Å². The van der Waals surface area contributed by atoms with Crippen molar-refractivity contribution >= 4 is 11.9 Å². The van der Waals surface area contributed by atoms with Crippen molar-refractivity contribution in [1.29, 1.82) is 0 Å². The Bertz CT molecular complexity index is 276. The molecule has 0 heterocycles. The van der Waals surface area contributed by atoms with Crippen LogP contribution in [0.15, 0.2) is 0 Å². The van der Waals surface area contributed by atoms with Crippen molar-refractivity contribution < 1.29 is 14.7 Å². The summed E-state index contributed by atoms with van der Waals surface area (Å²) in [4.78, 5) is 23.0. The highest BCUT2D eigenvalue weighted by molar-refractivity contribution is 5.83. The second-order valence-corrected chi connectivity index (χ2v) is 5.39. The molecule has 0 rings (SSSR count). The quantitative estimate of drug-likeness (QED) is 0.702. The molecule has 0 aromatic rings. The van der Waals surface area contributed by atoms with E-state index < -0.39 is 12.0 Å². The highest BCUT2D eigenvalue weighted by Crippen LogP contribution is 2.19. The van der Waals surface area contributed by atoms with Gasteiger partial charge in [-0.3, -0.25) is 4.79 Å². The molecule has 3 atom stereocenters. The Morgan fingerprint density at radius 1 is 1.11 bits per heavy atom. The largest absolute Gasteiger partial charge is 0.480 e. The molecule has 0 aliphatic carbocycles. The number of carbonyl (C=O) groups excluding carboxylic acids is 1. The molecule has 106 valence electrons. The fourth-order valence-corrected chi connectivity index (χ4v) is 2.01. The predicted molar refractivity (Wildman–Crippen MR) is 72.3 cm³/mol. The lowest BCUT2D eigenvalue weighted by Crippen LogP contribution is -2.45. The molecule has 0 bridgehead atoms. The van der Waals surface area contributed by atoms with E-state index in [1.54, 1.807) is 0 Å². The molecule has 4 nitrogen and oxygen atoms in total. The first-order chi connectivity index (χ1) is 8.33. The van der Waals surface area contributed by atoms with Crippen LogP contribution in [0.3, 0.4) is 0 Å². The number of nitrogens with one attached hydrogen (secondary N) is 1. The Labute approximate surface area is 110 Å². The zero-order chi connectivity index (χ0) is 14.3. The zero-order valence-electron chi connectivity index (χ0n) is 12.2. The van der Waals surface area contributed by atoms with Gasteiger partial charge in [-0.25, -0.2) is 4.79 Å². The molecule has 1 amide bonds. The Morgan fingerprint density at radius 3 is 2.00 bits per heavy atom. The first kappa shape index (κ1) is 16.9. The van der Waals surface area contributed by atoms with Crippen molar-refractivity contribution in [3.63, 3.8) is 0 Å². The minimum absolute atomic E-state index is 0.0504. The van der Waals surface area contributed by atoms with Crippen molar-refractivity contribution in [3.8, 4) is 0 Å². The van der Waals surface area contributed by atoms with Gasteiger partial charge in [0.2, 0.25) is 5.91 Å². The molecule has 2 N–H and O–H groups in total. The van der Waals surface area contributed by atoms with Gasteiger partial charge in [-0.1, -0.05) is 47.5 Å². The zero-order valence-corrected chi connectivity index (χ0v) is 12.2. The van der Waals surface area contributed by atoms with Crippen LogP contribution in [-0.4, -0.2) is 23.0 Å². The third-order valence-electron chi connectivity index (χ3n) is 3.71. The van der Waals surface area contributed by atoms with Crippen LogP contribution in [0.5, 0.6) is 0 Å². The van der Waals surface area contributed by atoms with E-state index in [1.165, 1.54) is 0 Å². The molecule has 0 aromatic carbocycles. The van der Waals surface area contributed by atoms with E-state index in [0.29, 0.717) is 18.3 Å². The number of hydrogen-bond acceptors (Lipinski definition) is 2. The van der Waals surface area contributed by atoms with Crippen molar-refractivity contribution in [2.75, 3.05) is 0 Å². The first-order valence-corrected chi connectivity index (χ1v) is 6.85. The molecule has 0 spiro atoms. The van der Waals surface area contributed by atoms with Crippen LogP contribution in [0.25, 0.3) is 0 Å². The van der Waals surface area contributed by atoms with E-state index >= 15 is 0 Å². The monoisotopic (exact) mass is 257 g/mol. The predicted octanol–water partition coefficient (Wildman–Crippen LogP) is 2.67. The number of carbonyl (C=O) groups is 2. The lowest BCUT2D eigenvalue weighted by Gasteiger charge is -2.23. The summed E-state index contributed by atoms with van der Waals surface area (Å²) in [6, 6.07) is -0.771. The molecule has 18 heavy (non-hydrogen) atoms. The van der Waals surface area contributed by atoms with Crippen LogP contribution in [-0.2, 0) is 9.59 Å². The second kappa shape index (κ2) is 8.11. The summed E-state index contributed by atoms with van der Waals surface area (Å²) in [6.07, 6.45) is 2.08. The summed E-state index contributed by atoms with van der Waals surface area (Å²) in [5, 5.41) is 11.8. The van der Waals surface area contributed by atoms with Gasteiger partial charge in [0.15, 0.2) is 0 Å². The number of carboxylic acid groups (broad SMARTS) is 1. The third-order valence-corrected chi connectivity index (χ3v) is 3.71. The Kier molecular flexibility index (Phi) is 7.64. The van der Waals surface area contributed by atoms with Crippen molar-refractivity contribution in [2.45, 2.75) is 59.9 Å². The molecular weight excluding hydrogens is 230 g/mol. The van der Waals surface area contributed by atoms with Crippen LogP contribution in [0.1, 0.15) is 53.9 Å². The average Bonchev–Trinajstić information content (AvgIpc) is 2.31. The number of aliphatic carboxylic acids is 1. The molecule has 0 fully saturated rings. The van der Waals surface area contributed by atoms with E-state index in [2.05, 4.69) is 26.1 Å². The van der Waals surface area contributed by atoms with Gasteiger partial charge < -0.3 is 10.4 Å². The summed E-state index contributed by atoms with van der Waals surface area (Å²) in [5.74, 6) is -0.395. The van der Waals surface area contributed by atoms with E-state index in [4.69, 9.17) is 5.11 Å². The molecule has 3 unspecified atom stereocenters. The highest BCUT2D eigenvalue weighted by atomic mass is 16.4. The van der Waals surface area contributed by atoms with Gasteiger partial charge in [0, 0.05) is 6.42 Å². The summed E-state index contributed by atoms with van der Waals surface area (Å²) in [6.45, 7) is 10.0. The molecule has 4 heteroatoms. The van der Waals surface area contributed by atoms with Gasteiger partial charge in [0.25, 0.3) is 0 Å². The number of amides is 1. The van der Waals surface area contributed by atoms with Crippen LogP contribution in [0.2, 0.25) is 0 Å². The summed E-state index contributed by atoms with van der Waals surface area (Å²) >= 11 is 0. The lowest BCUT2D eigenvalue weighted by molar-refractivity contribution is -0.143. The lowest BCUT2D eigenvalue weighted by atomic mass is 9.89. The topological polar surface area (TPSA) is 66.4 Å². The standard InChI is InChI=1S/C14H27NO3/c1-6-10(5)13(14(17)18)15-12(16)8-11(7-2)9(3)4/h9-11,13H,6-8H2,1-5H3,(H,15,16)(H,17,18). The van der Waals surface area contributed by atoms with Gasteiger partial charge in [0.05, 0.1) is 0 Å². The molecule has 0 aliphatic heterocycles. The normalized spacial score (nSPS) is 16.1. The Morgan fingerprint density at radius 2 is 1.67 bits per heavy atom.